The molecule has 1 fully saturated rings. The number of carbonyl (C=O) groups is 1. The first-order valence-corrected chi connectivity index (χ1v) is 12.6. The van der Waals surface area contributed by atoms with E-state index >= 15 is 0 Å². The van der Waals surface area contributed by atoms with Gasteiger partial charge in [0, 0.05) is 32.8 Å². The molecule has 0 aliphatic carbocycles. The van der Waals surface area contributed by atoms with E-state index in [-0.39, 0.29) is 31.1 Å². The maximum Gasteiger partial charge on any atom is 0.262 e. The van der Waals surface area contributed by atoms with E-state index < -0.39 is 11.9 Å². The van der Waals surface area contributed by atoms with Crippen molar-refractivity contribution < 1.29 is 28.1 Å². The molecule has 0 aromatic heterocycles. The number of nitrogens with zero attached hydrogens (tertiary/aromatic N) is 1. The Hall–Kier alpha value is -3.62. The van der Waals surface area contributed by atoms with Crippen LogP contribution < -0.4 is 19.5 Å². The van der Waals surface area contributed by atoms with Crippen molar-refractivity contribution in [1.82, 2.24) is 10.2 Å². The SMILES string of the molecule is O=C(NCc1ccccc1)[C@H](CN(Cc1ccc2c(c1)OCO2)C[C@@H]1CCCO1)Oc1ccccc1F. The predicted molar refractivity (Wildman–Crippen MR) is 136 cm³/mol. The second-order valence-electron chi connectivity index (χ2n) is 9.26. The minimum Gasteiger partial charge on any atom is -0.476 e. The molecule has 37 heavy (non-hydrogen) atoms. The molecule has 3 aromatic rings. The van der Waals surface area contributed by atoms with Crippen LogP contribution in [0.2, 0.25) is 0 Å². The Morgan fingerprint density at radius 1 is 1.03 bits per heavy atom. The standard InChI is InChI=1S/C29H31FN2O5/c30-24-10-4-5-11-25(24)37-28(29(33)31-16-21-7-2-1-3-8-21)19-32(18-23-9-6-14-34-23)17-22-12-13-26-27(15-22)36-20-35-26/h1-5,7-8,10-13,15,23,28H,6,9,14,16-20H2,(H,31,33)/t23-,28-/m0/s1. The van der Waals surface area contributed by atoms with Crippen molar-refractivity contribution in [2.75, 3.05) is 26.5 Å². The fraction of sp³-hybridized carbons (Fsp3) is 0.345. The molecular weight excluding hydrogens is 475 g/mol. The Labute approximate surface area is 216 Å². The normalized spacial score (nSPS) is 17.1. The lowest BCUT2D eigenvalue weighted by molar-refractivity contribution is -0.129. The summed E-state index contributed by atoms with van der Waals surface area (Å²) in [5.74, 6) is 0.646. The van der Waals surface area contributed by atoms with Gasteiger partial charge in [-0.2, -0.15) is 0 Å². The van der Waals surface area contributed by atoms with E-state index in [1.54, 1.807) is 12.1 Å². The number of fused-ring (bicyclic) bond motifs is 1. The first kappa shape index (κ1) is 25.0. The van der Waals surface area contributed by atoms with Crippen LogP contribution >= 0.6 is 0 Å². The number of hydrogen-bond donors (Lipinski definition) is 1. The zero-order valence-electron chi connectivity index (χ0n) is 20.6. The number of nitrogens with one attached hydrogen (secondary N) is 1. The molecule has 2 heterocycles. The molecule has 2 atom stereocenters. The highest BCUT2D eigenvalue weighted by molar-refractivity contribution is 5.81. The van der Waals surface area contributed by atoms with Crippen LogP contribution in [0.25, 0.3) is 0 Å². The summed E-state index contributed by atoms with van der Waals surface area (Å²) in [5.41, 5.74) is 1.98. The van der Waals surface area contributed by atoms with Crippen molar-refractivity contribution in [3.05, 3.63) is 89.7 Å². The topological polar surface area (TPSA) is 69.3 Å². The smallest absolute Gasteiger partial charge is 0.262 e. The summed E-state index contributed by atoms with van der Waals surface area (Å²) in [6.07, 6.45) is 1.10. The molecule has 1 N–H and O–H groups in total. The van der Waals surface area contributed by atoms with E-state index in [4.69, 9.17) is 18.9 Å². The first-order valence-electron chi connectivity index (χ1n) is 12.6. The highest BCUT2D eigenvalue weighted by atomic mass is 19.1. The summed E-state index contributed by atoms with van der Waals surface area (Å²) in [6, 6.07) is 21.6. The summed E-state index contributed by atoms with van der Waals surface area (Å²) in [7, 11) is 0. The fourth-order valence-electron chi connectivity index (χ4n) is 4.58. The van der Waals surface area contributed by atoms with Gasteiger partial charge in [0.1, 0.15) is 0 Å². The minimum atomic E-state index is -0.934. The number of halogens is 1. The second kappa shape index (κ2) is 12.1. The molecule has 1 amide bonds. The number of amides is 1. The Balaban J connectivity index is 1.34. The zero-order valence-corrected chi connectivity index (χ0v) is 20.6. The third kappa shape index (κ3) is 6.78. The maximum absolute atomic E-state index is 14.5. The Bertz CT molecular complexity index is 1190. The van der Waals surface area contributed by atoms with Gasteiger partial charge in [-0.1, -0.05) is 48.5 Å². The first-order chi connectivity index (χ1) is 18.1. The van der Waals surface area contributed by atoms with E-state index in [2.05, 4.69) is 10.2 Å². The summed E-state index contributed by atoms with van der Waals surface area (Å²) < 4.78 is 37.3. The van der Waals surface area contributed by atoms with Gasteiger partial charge in [0.05, 0.1) is 6.10 Å². The van der Waals surface area contributed by atoms with Crippen molar-refractivity contribution in [3.63, 3.8) is 0 Å². The molecule has 0 radical (unpaired) electrons. The largest absolute Gasteiger partial charge is 0.476 e. The fourth-order valence-corrected chi connectivity index (χ4v) is 4.58. The lowest BCUT2D eigenvalue weighted by Crippen LogP contribution is -2.47. The van der Waals surface area contributed by atoms with Crippen LogP contribution in [0, 0.1) is 5.82 Å². The molecule has 8 heteroatoms. The predicted octanol–water partition coefficient (Wildman–Crippen LogP) is 4.30. The van der Waals surface area contributed by atoms with Crippen LogP contribution in [-0.2, 0) is 22.6 Å². The van der Waals surface area contributed by atoms with Crippen LogP contribution in [0.1, 0.15) is 24.0 Å². The van der Waals surface area contributed by atoms with Crippen molar-refractivity contribution in [2.45, 2.75) is 38.1 Å². The van der Waals surface area contributed by atoms with Gasteiger partial charge in [0.25, 0.3) is 5.91 Å². The molecule has 194 valence electrons. The third-order valence-electron chi connectivity index (χ3n) is 6.46. The zero-order chi connectivity index (χ0) is 25.5. The van der Waals surface area contributed by atoms with Gasteiger partial charge in [-0.15, -0.1) is 0 Å². The van der Waals surface area contributed by atoms with E-state index in [0.29, 0.717) is 25.4 Å². The highest BCUT2D eigenvalue weighted by Crippen LogP contribution is 2.33. The molecule has 5 rings (SSSR count). The Morgan fingerprint density at radius 3 is 2.65 bits per heavy atom. The van der Waals surface area contributed by atoms with Crippen LogP contribution in [0.5, 0.6) is 17.2 Å². The van der Waals surface area contributed by atoms with Crippen LogP contribution in [0.3, 0.4) is 0 Å². The van der Waals surface area contributed by atoms with Crippen molar-refractivity contribution >= 4 is 5.91 Å². The van der Waals surface area contributed by atoms with Gasteiger partial charge >= 0.3 is 0 Å². The number of ether oxygens (including phenoxy) is 4. The quantitative estimate of drug-likeness (QED) is 0.418. The van der Waals surface area contributed by atoms with Crippen molar-refractivity contribution in [3.8, 4) is 17.2 Å². The van der Waals surface area contributed by atoms with Crippen molar-refractivity contribution in [2.24, 2.45) is 0 Å². The van der Waals surface area contributed by atoms with Crippen LogP contribution in [0.15, 0.2) is 72.8 Å². The lowest BCUT2D eigenvalue weighted by Gasteiger charge is -2.29. The molecule has 2 aliphatic heterocycles. The summed E-state index contributed by atoms with van der Waals surface area (Å²) >= 11 is 0. The molecule has 0 bridgehead atoms. The van der Waals surface area contributed by atoms with E-state index in [9.17, 15) is 9.18 Å². The molecule has 7 nitrogen and oxygen atoms in total. The van der Waals surface area contributed by atoms with E-state index in [1.807, 2.05) is 48.5 Å². The van der Waals surface area contributed by atoms with Crippen LogP contribution in [0.4, 0.5) is 4.39 Å². The molecule has 0 saturated carbocycles. The van der Waals surface area contributed by atoms with Crippen LogP contribution in [-0.4, -0.2) is 49.5 Å². The van der Waals surface area contributed by atoms with Gasteiger partial charge in [0.15, 0.2) is 29.2 Å². The molecule has 2 aliphatic rings. The molecule has 3 aromatic carbocycles. The lowest BCUT2D eigenvalue weighted by atomic mass is 10.1. The summed E-state index contributed by atoms with van der Waals surface area (Å²) in [6.45, 7) is 2.71. The summed E-state index contributed by atoms with van der Waals surface area (Å²) in [5, 5.41) is 2.95. The average molecular weight is 507 g/mol. The monoisotopic (exact) mass is 506 g/mol. The Morgan fingerprint density at radius 2 is 1.84 bits per heavy atom. The maximum atomic E-state index is 14.5. The number of hydrogen-bond acceptors (Lipinski definition) is 6. The molecule has 0 spiro atoms. The van der Waals surface area contributed by atoms with Gasteiger partial charge in [-0.05, 0) is 48.2 Å². The summed E-state index contributed by atoms with van der Waals surface area (Å²) in [4.78, 5) is 15.5. The number of para-hydroxylation sites is 1. The molecular formula is C29H31FN2O5. The number of carbonyl (C=O) groups excluding carboxylic acids is 1. The number of rotatable bonds is 11. The second-order valence-corrected chi connectivity index (χ2v) is 9.26. The van der Waals surface area contributed by atoms with Gasteiger partial charge in [-0.25, -0.2) is 4.39 Å². The highest BCUT2D eigenvalue weighted by Gasteiger charge is 2.28. The van der Waals surface area contributed by atoms with Gasteiger partial charge in [-0.3, -0.25) is 9.69 Å². The van der Waals surface area contributed by atoms with E-state index in [0.717, 1.165) is 36.3 Å². The molecule has 1 saturated heterocycles. The third-order valence-corrected chi connectivity index (χ3v) is 6.46. The van der Waals surface area contributed by atoms with Crippen molar-refractivity contribution in [1.29, 1.82) is 0 Å². The molecule has 0 unspecified atom stereocenters. The minimum absolute atomic E-state index is 0.0440. The van der Waals surface area contributed by atoms with Gasteiger partial charge < -0.3 is 24.3 Å². The number of benzene rings is 3. The average Bonchev–Trinajstić information content (AvgIpc) is 3.60. The van der Waals surface area contributed by atoms with E-state index in [1.165, 1.54) is 12.1 Å². The van der Waals surface area contributed by atoms with Gasteiger partial charge in [0.2, 0.25) is 6.79 Å². The Kier molecular flexibility index (Phi) is 8.18.